The Kier molecular flexibility index (Phi) is 7.30. The minimum Gasteiger partial charge on any atom is -0.330 e. The topological polar surface area (TPSA) is 52.0 Å². The second-order valence-electron chi connectivity index (χ2n) is 3.45. The van der Waals surface area contributed by atoms with Gasteiger partial charge in [0.15, 0.2) is 0 Å². The van der Waals surface area contributed by atoms with Gasteiger partial charge >= 0.3 is 0 Å². The monoisotopic (exact) mass is 232 g/mol. The lowest BCUT2D eigenvalue weighted by Crippen LogP contribution is -2.11. The van der Waals surface area contributed by atoms with Gasteiger partial charge in [0, 0.05) is 6.04 Å². The molecule has 0 amide bonds. The minimum absolute atomic E-state index is 0. The second-order valence-corrected chi connectivity index (χ2v) is 3.45. The van der Waals surface area contributed by atoms with Crippen molar-refractivity contribution in [3.8, 4) is 0 Å². The number of unbranched alkanes of at least 4 members (excludes halogenated alkanes) is 1. The Bertz CT molecular complexity index is 281. The zero-order valence-electron chi connectivity index (χ0n) is 8.66. The molecule has 1 rings (SSSR count). The van der Waals surface area contributed by atoms with Crippen LogP contribution in [0.1, 0.15) is 30.9 Å². The smallest absolute Gasteiger partial charge is 0.123 e. The van der Waals surface area contributed by atoms with E-state index in [0.29, 0.717) is 6.54 Å². The van der Waals surface area contributed by atoms with Gasteiger partial charge in [-0.25, -0.2) is 4.39 Å². The van der Waals surface area contributed by atoms with Crippen LogP contribution in [0.5, 0.6) is 0 Å². The first kappa shape index (κ1) is 14.4. The Morgan fingerprint density at radius 1 is 1.27 bits per heavy atom. The number of benzene rings is 1. The van der Waals surface area contributed by atoms with Crippen LogP contribution < -0.4 is 11.5 Å². The highest BCUT2D eigenvalue weighted by molar-refractivity contribution is 5.85. The minimum atomic E-state index is -0.225. The third kappa shape index (κ3) is 5.11. The summed E-state index contributed by atoms with van der Waals surface area (Å²) in [6.45, 7) is 0.690. The Morgan fingerprint density at radius 3 is 2.60 bits per heavy atom. The van der Waals surface area contributed by atoms with Gasteiger partial charge in [-0.15, -0.1) is 12.4 Å². The Balaban J connectivity index is 0.00000196. The molecule has 0 aliphatic carbocycles. The van der Waals surface area contributed by atoms with E-state index in [1.807, 2.05) is 6.07 Å². The highest BCUT2D eigenvalue weighted by atomic mass is 35.5. The van der Waals surface area contributed by atoms with Crippen LogP contribution in [0.15, 0.2) is 24.3 Å². The molecule has 4 heteroatoms. The maximum atomic E-state index is 12.8. The van der Waals surface area contributed by atoms with E-state index in [1.165, 1.54) is 12.1 Å². The van der Waals surface area contributed by atoms with Gasteiger partial charge in [-0.1, -0.05) is 18.6 Å². The van der Waals surface area contributed by atoms with Crippen molar-refractivity contribution in [3.63, 3.8) is 0 Å². The summed E-state index contributed by atoms with van der Waals surface area (Å²) in [5, 5.41) is 0. The van der Waals surface area contributed by atoms with Gasteiger partial charge in [0.1, 0.15) is 5.82 Å². The molecule has 0 saturated carbocycles. The van der Waals surface area contributed by atoms with E-state index in [-0.39, 0.29) is 24.3 Å². The molecule has 0 unspecified atom stereocenters. The molecule has 0 radical (unpaired) electrons. The fourth-order valence-electron chi connectivity index (χ4n) is 1.41. The van der Waals surface area contributed by atoms with Crippen molar-refractivity contribution in [1.82, 2.24) is 0 Å². The van der Waals surface area contributed by atoms with Crippen molar-refractivity contribution in [2.75, 3.05) is 6.54 Å². The summed E-state index contributed by atoms with van der Waals surface area (Å²) < 4.78 is 12.8. The summed E-state index contributed by atoms with van der Waals surface area (Å²) in [6.07, 6.45) is 2.83. The molecule has 0 saturated heterocycles. The summed E-state index contributed by atoms with van der Waals surface area (Å²) in [6, 6.07) is 6.39. The average Bonchev–Trinajstić information content (AvgIpc) is 2.18. The first-order valence-corrected chi connectivity index (χ1v) is 4.95. The SMILES string of the molecule is Cl.NCCCC[C@@H](N)c1cccc(F)c1. The van der Waals surface area contributed by atoms with Gasteiger partial charge in [-0.2, -0.15) is 0 Å². The molecule has 0 aliphatic heterocycles. The predicted molar refractivity (Wildman–Crippen MR) is 63.5 cm³/mol. The molecule has 0 bridgehead atoms. The summed E-state index contributed by atoms with van der Waals surface area (Å²) in [4.78, 5) is 0. The molecule has 0 aliphatic rings. The normalized spacial score (nSPS) is 11.9. The zero-order chi connectivity index (χ0) is 10.4. The van der Waals surface area contributed by atoms with E-state index in [9.17, 15) is 4.39 Å². The third-order valence-corrected chi connectivity index (χ3v) is 2.25. The summed E-state index contributed by atoms with van der Waals surface area (Å²) in [5.74, 6) is -0.225. The number of hydrogen-bond acceptors (Lipinski definition) is 2. The predicted octanol–water partition coefficient (Wildman–Crippen LogP) is 2.38. The molecule has 2 nitrogen and oxygen atoms in total. The van der Waals surface area contributed by atoms with Gasteiger partial charge in [-0.3, -0.25) is 0 Å². The van der Waals surface area contributed by atoms with E-state index in [1.54, 1.807) is 6.07 Å². The second kappa shape index (κ2) is 7.63. The molecule has 4 N–H and O–H groups in total. The van der Waals surface area contributed by atoms with Crippen LogP contribution in [0, 0.1) is 5.82 Å². The molecular weight excluding hydrogens is 215 g/mol. The van der Waals surface area contributed by atoms with Crippen LogP contribution >= 0.6 is 12.4 Å². The molecule has 0 fully saturated rings. The maximum Gasteiger partial charge on any atom is 0.123 e. The molecule has 1 aromatic rings. The highest BCUT2D eigenvalue weighted by Gasteiger charge is 2.05. The zero-order valence-corrected chi connectivity index (χ0v) is 9.47. The van der Waals surface area contributed by atoms with Crippen molar-refractivity contribution >= 4 is 12.4 Å². The van der Waals surface area contributed by atoms with Gasteiger partial charge in [-0.05, 0) is 37.1 Å². The van der Waals surface area contributed by atoms with Gasteiger partial charge in [0.25, 0.3) is 0 Å². The molecule has 15 heavy (non-hydrogen) atoms. The van der Waals surface area contributed by atoms with Crippen molar-refractivity contribution in [1.29, 1.82) is 0 Å². The van der Waals surface area contributed by atoms with Crippen LogP contribution in [-0.4, -0.2) is 6.54 Å². The third-order valence-electron chi connectivity index (χ3n) is 2.25. The lowest BCUT2D eigenvalue weighted by atomic mass is 10.0. The fraction of sp³-hybridized carbons (Fsp3) is 0.455. The quantitative estimate of drug-likeness (QED) is 0.766. The highest BCUT2D eigenvalue weighted by Crippen LogP contribution is 2.17. The average molecular weight is 233 g/mol. The maximum absolute atomic E-state index is 12.8. The lowest BCUT2D eigenvalue weighted by Gasteiger charge is -2.11. The molecule has 1 atom stereocenters. The Morgan fingerprint density at radius 2 is 2.00 bits per heavy atom. The van der Waals surface area contributed by atoms with Crippen molar-refractivity contribution in [2.45, 2.75) is 25.3 Å². The molecule has 1 aromatic carbocycles. The molecule has 0 heterocycles. The summed E-state index contributed by atoms with van der Waals surface area (Å²) in [5.41, 5.74) is 12.1. The molecular formula is C11H18ClFN2. The van der Waals surface area contributed by atoms with Crippen LogP contribution in [-0.2, 0) is 0 Å². The van der Waals surface area contributed by atoms with Gasteiger partial charge < -0.3 is 11.5 Å². The number of halogens is 2. The van der Waals surface area contributed by atoms with Crippen LogP contribution in [0.2, 0.25) is 0 Å². The standard InChI is InChI=1S/C11H17FN2.ClH/c12-10-5-3-4-9(8-10)11(14)6-1-2-7-13;/h3-5,8,11H,1-2,6-7,13-14H2;1H/t11-;/m1./s1. The molecule has 0 aromatic heterocycles. The molecule has 86 valence electrons. The summed E-state index contributed by atoms with van der Waals surface area (Å²) >= 11 is 0. The van der Waals surface area contributed by atoms with E-state index < -0.39 is 0 Å². The van der Waals surface area contributed by atoms with Crippen LogP contribution in [0.4, 0.5) is 4.39 Å². The van der Waals surface area contributed by atoms with Gasteiger partial charge in [0.2, 0.25) is 0 Å². The van der Waals surface area contributed by atoms with Crippen molar-refractivity contribution in [3.05, 3.63) is 35.6 Å². The number of nitrogens with two attached hydrogens (primary N) is 2. The van der Waals surface area contributed by atoms with Crippen LogP contribution in [0.25, 0.3) is 0 Å². The largest absolute Gasteiger partial charge is 0.330 e. The van der Waals surface area contributed by atoms with Gasteiger partial charge in [0.05, 0.1) is 0 Å². The van der Waals surface area contributed by atoms with E-state index >= 15 is 0 Å². The van der Waals surface area contributed by atoms with Crippen molar-refractivity contribution < 1.29 is 4.39 Å². The van der Waals surface area contributed by atoms with E-state index in [4.69, 9.17) is 11.5 Å². The number of hydrogen-bond donors (Lipinski definition) is 2. The van der Waals surface area contributed by atoms with E-state index in [0.717, 1.165) is 24.8 Å². The van der Waals surface area contributed by atoms with Crippen molar-refractivity contribution in [2.24, 2.45) is 11.5 Å². The lowest BCUT2D eigenvalue weighted by molar-refractivity contribution is 0.580. The summed E-state index contributed by atoms with van der Waals surface area (Å²) in [7, 11) is 0. The first-order chi connectivity index (χ1) is 6.74. The van der Waals surface area contributed by atoms with Crippen LogP contribution in [0.3, 0.4) is 0 Å². The fourth-order valence-corrected chi connectivity index (χ4v) is 1.41. The molecule has 0 spiro atoms. The first-order valence-electron chi connectivity index (χ1n) is 4.95. The van der Waals surface area contributed by atoms with E-state index in [2.05, 4.69) is 0 Å². The Hall–Kier alpha value is -0.640. The number of rotatable bonds is 5. The Labute approximate surface area is 96.3 Å².